The summed E-state index contributed by atoms with van der Waals surface area (Å²) in [7, 11) is 0. The molecule has 0 bridgehead atoms. The standard InChI is InChI=1S/C14H18N2O2/c15-8-6-12(17)7-10-18-13-5-1-3-11-4-2-9-16-14(11)13/h1-5,9,12,17H,6-8,10,15H2. The van der Waals surface area contributed by atoms with E-state index in [1.54, 1.807) is 6.20 Å². The van der Waals surface area contributed by atoms with Gasteiger partial charge in [-0.05, 0) is 25.1 Å². The summed E-state index contributed by atoms with van der Waals surface area (Å²) in [6.45, 7) is 0.966. The fraction of sp³-hybridized carbons (Fsp3) is 0.357. The Morgan fingerprint density at radius 1 is 1.22 bits per heavy atom. The lowest BCUT2D eigenvalue weighted by molar-refractivity contribution is 0.133. The zero-order valence-electron chi connectivity index (χ0n) is 10.2. The molecule has 1 aromatic heterocycles. The number of aromatic nitrogens is 1. The van der Waals surface area contributed by atoms with Crippen LogP contribution in [0.1, 0.15) is 12.8 Å². The van der Waals surface area contributed by atoms with Gasteiger partial charge in [-0.2, -0.15) is 0 Å². The number of hydrogen-bond donors (Lipinski definition) is 2. The summed E-state index contributed by atoms with van der Waals surface area (Å²) < 4.78 is 5.67. The minimum absolute atomic E-state index is 0.391. The minimum Gasteiger partial charge on any atom is -0.491 e. The van der Waals surface area contributed by atoms with Crippen molar-refractivity contribution in [1.82, 2.24) is 4.98 Å². The number of nitrogens with zero attached hydrogens (tertiary/aromatic N) is 1. The van der Waals surface area contributed by atoms with E-state index in [1.807, 2.05) is 30.3 Å². The second-order valence-electron chi connectivity index (χ2n) is 4.20. The highest BCUT2D eigenvalue weighted by atomic mass is 16.5. The Bertz CT molecular complexity index is 497. The van der Waals surface area contributed by atoms with Gasteiger partial charge < -0.3 is 15.6 Å². The lowest BCUT2D eigenvalue weighted by atomic mass is 10.2. The largest absolute Gasteiger partial charge is 0.491 e. The third-order valence-electron chi connectivity index (χ3n) is 2.80. The first kappa shape index (κ1) is 12.8. The van der Waals surface area contributed by atoms with Crippen LogP contribution in [0.25, 0.3) is 10.9 Å². The van der Waals surface area contributed by atoms with Crippen molar-refractivity contribution >= 4 is 10.9 Å². The number of aliphatic hydroxyl groups is 1. The van der Waals surface area contributed by atoms with Gasteiger partial charge in [0, 0.05) is 18.0 Å². The molecule has 0 aliphatic carbocycles. The molecule has 1 atom stereocenters. The summed E-state index contributed by atoms with van der Waals surface area (Å²) in [6, 6.07) is 9.73. The molecule has 0 saturated carbocycles. The molecule has 96 valence electrons. The van der Waals surface area contributed by atoms with Gasteiger partial charge in [-0.1, -0.05) is 18.2 Å². The van der Waals surface area contributed by atoms with Gasteiger partial charge in [0.2, 0.25) is 0 Å². The average Bonchev–Trinajstić information content (AvgIpc) is 2.39. The molecule has 1 aromatic carbocycles. The zero-order valence-corrected chi connectivity index (χ0v) is 10.2. The van der Waals surface area contributed by atoms with E-state index in [1.165, 1.54) is 0 Å². The van der Waals surface area contributed by atoms with Crippen LogP contribution in [0, 0.1) is 0 Å². The second-order valence-corrected chi connectivity index (χ2v) is 4.20. The molecule has 0 spiro atoms. The summed E-state index contributed by atoms with van der Waals surface area (Å²) in [5.41, 5.74) is 6.23. The molecule has 0 aliphatic rings. The Kier molecular flexibility index (Phi) is 4.50. The number of fused-ring (bicyclic) bond motifs is 1. The third-order valence-corrected chi connectivity index (χ3v) is 2.80. The molecule has 3 N–H and O–H groups in total. The van der Waals surface area contributed by atoms with Gasteiger partial charge in [0.15, 0.2) is 0 Å². The number of pyridine rings is 1. The van der Waals surface area contributed by atoms with E-state index in [0.29, 0.717) is 26.0 Å². The summed E-state index contributed by atoms with van der Waals surface area (Å²) in [4.78, 5) is 4.31. The average molecular weight is 246 g/mol. The van der Waals surface area contributed by atoms with Crippen LogP contribution in [-0.4, -0.2) is 29.3 Å². The number of para-hydroxylation sites is 1. The highest BCUT2D eigenvalue weighted by Crippen LogP contribution is 2.23. The number of aliphatic hydroxyl groups excluding tert-OH is 1. The number of benzene rings is 1. The Morgan fingerprint density at radius 2 is 2.06 bits per heavy atom. The molecule has 0 amide bonds. The van der Waals surface area contributed by atoms with Crippen molar-refractivity contribution in [3.8, 4) is 5.75 Å². The molecule has 0 radical (unpaired) electrons. The Balaban J connectivity index is 1.99. The summed E-state index contributed by atoms with van der Waals surface area (Å²) in [5, 5.41) is 10.6. The van der Waals surface area contributed by atoms with Gasteiger partial charge in [-0.15, -0.1) is 0 Å². The summed E-state index contributed by atoms with van der Waals surface area (Å²) in [5.74, 6) is 0.757. The van der Waals surface area contributed by atoms with E-state index in [-0.39, 0.29) is 0 Å². The Hall–Kier alpha value is -1.65. The molecule has 4 heteroatoms. The first-order valence-electron chi connectivity index (χ1n) is 6.16. The topological polar surface area (TPSA) is 68.4 Å². The first-order chi connectivity index (χ1) is 8.81. The van der Waals surface area contributed by atoms with Gasteiger partial charge in [-0.3, -0.25) is 4.98 Å². The van der Waals surface area contributed by atoms with E-state index >= 15 is 0 Å². The molecule has 4 nitrogen and oxygen atoms in total. The number of hydrogen-bond acceptors (Lipinski definition) is 4. The maximum atomic E-state index is 9.56. The lowest BCUT2D eigenvalue weighted by Gasteiger charge is -2.11. The van der Waals surface area contributed by atoms with Crippen molar-refractivity contribution < 1.29 is 9.84 Å². The smallest absolute Gasteiger partial charge is 0.145 e. The molecule has 2 rings (SSSR count). The number of ether oxygens (including phenoxy) is 1. The molecule has 0 aliphatic heterocycles. The van der Waals surface area contributed by atoms with Crippen molar-refractivity contribution in [3.63, 3.8) is 0 Å². The van der Waals surface area contributed by atoms with Crippen LogP contribution in [0.3, 0.4) is 0 Å². The normalized spacial score (nSPS) is 12.6. The zero-order chi connectivity index (χ0) is 12.8. The third kappa shape index (κ3) is 3.18. The monoisotopic (exact) mass is 246 g/mol. The van der Waals surface area contributed by atoms with E-state index in [9.17, 15) is 5.11 Å². The molecular weight excluding hydrogens is 228 g/mol. The van der Waals surface area contributed by atoms with Crippen LogP contribution in [-0.2, 0) is 0 Å². The van der Waals surface area contributed by atoms with Crippen molar-refractivity contribution in [2.45, 2.75) is 18.9 Å². The maximum Gasteiger partial charge on any atom is 0.145 e. The Morgan fingerprint density at radius 3 is 2.89 bits per heavy atom. The summed E-state index contributed by atoms with van der Waals surface area (Å²) in [6.07, 6.45) is 2.55. The SMILES string of the molecule is NCCC(O)CCOc1cccc2cccnc12. The van der Waals surface area contributed by atoms with E-state index < -0.39 is 6.10 Å². The number of nitrogens with two attached hydrogens (primary N) is 1. The molecule has 1 heterocycles. The van der Waals surface area contributed by atoms with Crippen LogP contribution in [0.4, 0.5) is 0 Å². The fourth-order valence-electron chi connectivity index (χ4n) is 1.83. The first-order valence-corrected chi connectivity index (χ1v) is 6.16. The highest BCUT2D eigenvalue weighted by molar-refractivity contribution is 5.84. The predicted molar refractivity (Wildman–Crippen MR) is 71.5 cm³/mol. The molecule has 0 saturated heterocycles. The van der Waals surface area contributed by atoms with Crippen LogP contribution in [0.2, 0.25) is 0 Å². The van der Waals surface area contributed by atoms with Crippen LogP contribution >= 0.6 is 0 Å². The van der Waals surface area contributed by atoms with E-state index in [0.717, 1.165) is 16.7 Å². The van der Waals surface area contributed by atoms with E-state index in [2.05, 4.69) is 4.98 Å². The van der Waals surface area contributed by atoms with Crippen LogP contribution in [0.15, 0.2) is 36.5 Å². The molecule has 18 heavy (non-hydrogen) atoms. The predicted octanol–water partition coefficient (Wildman–Crippen LogP) is 1.71. The molecule has 1 unspecified atom stereocenters. The van der Waals surface area contributed by atoms with Gasteiger partial charge in [-0.25, -0.2) is 0 Å². The molecular formula is C14H18N2O2. The highest BCUT2D eigenvalue weighted by Gasteiger charge is 2.05. The number of rotatable bonds is 6. The van der Waals surface area contributed by atoms with Gasteiger partial charge in [0.1, 0.15) is 11.3 Å². The van der Waals surface area contributed by atoms with Crippen molar-refractivity contribution in [3.05, 3.63) is 36.5 Å². The molecule has 0 fully saturated rings. The van der Waals surface area contributed by atoms with Crippen molar-refractivity contribution in [1.29, 1.82) is 0 Å². The second kappa shape index (κ2) is 6.33. The minimum atomic E-state index is -0.391. The lowest BCUT2D eigenvalue weighted by Crippen LogP contribution is -2.16. The van der Waals surface area contributed by atoms with Crippen molar-refractivity contribution in [2.75, 3.05) is 13.2 Å². The van der Waals surface area contributed by atoms with Crippen LogP contribution in [0.5, 0.6) is 5.75 Å². The van der Waals surface area contributed by atoms with E-state index in [4.69, 9.17) is 10.5 Å². The summed E-state index contributed by atoms with van der Waals surface area (Å²) >= 11 is 0. The maximum absolute atomic E-state index is 9.56. The molecule has 2 aromatic rings. The van der Waals surface area contributed by atoms with Gasteiger partial charge in [0.25, 0.3) is 0 Å². The Labute approximate surface area is 106 Å². The quantitative estimate of drug-likeness (QED) is 0.814. The van der Waals surface area contributed by atoms with Crippen molar-refractivity contribution in [2.24, 2.45) is 5.73 Å². The van der Waals surface area contributed by atoms with Crippen LogP contribution < -0.4 is 10.5 Å². The van der Waals surface area contributed by atoms with Gasteiger partial charge >= 0.3 is 0 Å². The fourth-order valence-corrected chi connectivity index (χ4v) is 1.83. The van der Waals surface area contributed by atoms with Gasteiger partial charge in [0.05, 0.1) is 12.7 Å².